The maximum absolute atomic E-state index is 13.0. The fraction of sp³-hybridized carbons (Fsp3) is 0.911. The lowest BCUT2D eigenvalue weighted by Crippen LogP contribution is -2.31. The van der Waals surface area contributed by atoms with Crippen LogP contribution in [0.25, 0.3) is 0 Å². The second-order valence-electron chi connectivity index (χ2n) is 19.7. The minimum absolute atomic E-state index is 0.0881. The number of nitrogens with zero attached hydrogens (tertiary/aromatic N) is 1. The second-order valence-corrected chi connectivity index (χ2v) is 19.7. The summed E-state index contributed by atoms with van der Waals surface area (Å²) in [5.41, 5.74) is 0. The smallest absolute Gasteiger partial charge is 0.466 e. The lowest BCUT2D eigenvalue weighted by molar-refractivity contribution is -0.157. The molecule has 0 fully saturated rings. The molecule has 3 unspecified atom stereocenters. The molecule has 0 radical (unpaired) electrons. The van der Waals surface area contributed by atoms with Gasteiger partial charge in [-0.1, -0.05) is 156 Å². The molecule has 0 saturated carbocycles. The first-order chi connectivity index (χ1) is 33.1. The zero-order chi connectivity index (χ0) is 50.1. The molecule has 0 amide bonds. The summed E-state index contributed by atoms with van der Waals surface area (Å²) in [7, 11) is 3.69. The van der Waals surface area contributed by atoms with E-state index < -0.39 is 24.2 Å². The number of hydrogen-bond acceptors (Lipinski definition) is 12. The number of likely N-dealkylation sites (N-methyl/N-ethyl adjacent to an activating group) is 1. The quantitative estimate of drug-likeness (QED) is 0.0325. The summed E-state index contributed by atoms with van der Waals surface area (Å²) in [5, 5.41) is 0. The number of hydrogen-bond donors (Lipinski definition) is 0. The van der Waals surface area contributed by atoms with Gasteiger partial charge in [-0.15, -0.1) is 0 Å². The number of unbranched alkanes of at least 4 members (excludes halogenated alkanes) is 22. The van der Waals surface area contributed by atoms with Crippen molar-refractivity contribution in [3.05, 3.63) is 0 Å². The molecule has 3 atom stereocenters. The van der Waals surface area contributed by atoms with Crippen LogP contribution < -0.4 is 0 Å². The molecule has 0 bridgehead atoms. The summed E-state index contributed by atoms with van der Waals surface area (Å²) >= 11 is 0. The molecule has 0 aromatic rings. The Morgan fingerprint density at radius 1 is 0.368 bits per heavy atom. The van der Waals surface area contributed by atoms with E-state index in [2.05, 4.69) is 27.7 Å². The van der Waals surface area contributed by atoms with Gasteiger partial charge in [0.15, 0.2) is 0 Å². The molecule has 0 spiro atoms. The van der Waals surface area contributed by atoms with E-state index in [0.717, 1.165) is 64.2 Å². The molecule has 0 aromatic carbocycles. The number of rotatable bonds is 50. The highest BCUT2D eigenvalue weighted by molar-refractivity contribution is 5.78. The largest absolute Gasteiger partial charge is 0.509 e. The lowest BCUT2D eigenvalue weighted by atomic mass is 9.91. The van der Waals surface area contributed by atoms with E-state index in [1.165, 1.54) is 128 Å². The van der Waals surface area contributed by atoms with Gasteiger partial charge in [-0.3, -0.25) is 14.4 Å². The molecular formula is C56H105NO11. The Labute approximate surface area is 416 Å². The molecule has 0 saturated heterocycles. The van der Waals surface area contributed by atoms with Crippen molar-refractivity contribution in [2.45, 2.75) is 265 Å². The Hall–Kier alpha value is -2.89. The molecule has 0 aliphatic rings. The fourth-order valence-corrected chi connectivity index (χ4v) is 8.38. The van der Waals surface area contributed by atoms with Crippen molar-refractivity contribution < 1.29 is 52.4 Å². The van der Waals surface area contributed by atoms with Gasteiger partial charge < -0.3 is 33.3 Å². The van der Waals surface area contributed by atoms with Gasteiger partial charge in [0.25, 0.3) is 0 Å². The van der Waals surface area contributed by atoms with E-state index >= 15 is 0 Å². The van der Waals surface area contributed by atoms with Gasteiger partial charge in [-0.05, 0) is 103 Å². The topological polar surface area (TPSA) is 144 Å². The van der Waals surface area contributed by atoms with Crippen LogP contribution in [0, 0.1) is 11.8 Å². The highest BCUT2D eigenvalue weighted by Crippen LogP contribution is 2.24. The average molecular weight is 968 g/mol. The highest BCUT2D eigenvalue weighted by atomic mass is 16.7. The average Bonchev–Trinajstić information content (AvgIpc) is 3.31. The van der Waals surface area contributed by atoms with Crippen molar-refractivity contribution >= 4 is 30.0 Å². The Kier molecular flexibility index (Phi) is 47.0. The maximum Gasteiger partial charge on any atom is 0.509 e. The Morgan fingerprint density at radius 2 is 0.706 bits per heavy atom. The van der Waals surface area contributed by atoms with Crippen LogP contribution in [-0.4, -0.2) is 94.7 Å². The predicted octanol–water partition coefficient (Wildman–Crippen LogP) is 14.6. The van der Waals surface area contributed by atoms with E-state index in [0.29, 0.717) is 57.3 Å². The van der Waals surface area contributed by atoms with E-state index in [-0.39, 0.29) is 44.6 Å². The van der Waals surface area contributed by atoms with Crippen molar-refractivity contribution in [3.63, 3.8) is 0 Å². The highest BCUT2D eigenvalue weighted by Gasteiger charge is 2.27. The molecule has 0 aromatic heterocycles. The Bertz CT molecular complexity index is 1200. The molecule has 68 heavy (non-hydrogen) atoms. The van der Waals surface area contributed by atoms with Crippen LogP contribution in [0.4, 0.5) is 4.79 Å². The van der Waals surface area contributed by atoms with Crippen LogP contribution in [-0.2, 0) is 47.6 Å². The number of ether oxygens (including phenoxy) is 6. The standard InChI is InChI=1S/C56H105NO11/c1-7-11-15-19-21-29-37-49(35-27-17-13-9-3)47-53(59)64-43-32-24-23-31-42-63-52(58)40-39-51(68-56(62)67-46-41-57(5)6)55(61)66-45-34-26-25-33-44-65-54(60)48-50(36-28-18-14-10-4)38-30-22-20-16-12-8-2/h49-51H,7-48H2,1-6H3. The maximum atomic E-state index is 13.0. The molecule has 0 heterocycles. The van der Waals surface area contributed by atoms with Crippen LogP contribution in [0.2, 0.25) is 0 Å². The number of esters is 4. The molecular weight excluding hydrogens is 863 g/mol. The number of carbonyl (C=O) groups excluding carboxylic acids is 5. The molecule has 400 valence electrons. The number of carbonyl (C=O) groups is 5. The molecule has 12 heteroatoms. The van der Waals surface area contributed by atoms with Crippen molar-refractivity contribution in [1.29, 1.82) is 0 Å². The lowest BCUT2D eigenvalue weighted by Gasteiger charge is -2.17. The third-order valence-corrected chi connectivity index (χ3v) is 12.8. The molecule has 0 aliphatic carbocycles. The SMILES string of the molecule is CCCCCCCCC(CCCCCC)CC(=O)OCCCCCCOC(=O)CCC(OC(=O)OCCN(C)C)C(=O)OCCCCCCOC(=O)CC(CCCCCC)CCCCCCCC. The van der Waals surface area contributed by atoms with Gasteiger partial charge in [0.1, 0.15) is 6.61 Å². The van der Waals surface area contributed by atoms with Crippen LogP contribution in [0.15, 0.2) is 0 Å². The minimum Gasteiger partial charge on any atom is -0.466 e. The van der Waals surface area contributed by atoms with Crippen LogP contribution in [0.1, 0.15) is 259 Å². The Morgan fingerprint density at radius 3 is 1.10 bits per heavy atom. The van der Waals surface area contributed by atoms with Gasteiger partial charge in [-0.2, -0.15) is 0 Å². The van der Waals surface area contributed by atoms with Gasteiger partial charge in [0.2, 0.25) is 6.10 Å². The molecule has 12 nitrogen and oxygen atoms in total. The third-order valence-electron chi connectivity index (χ3n) is 12.8. The summed E-state index contributed by atoms with van der Waals surface area (Å²) in [6.07, 6.45) is 33.8. The normalized spacial score (nSPS) is 12.6. The summed E-state index contributed by atoms with van der Waals surface area (Å²) in [6.45, 7) is 10.6. The molecule has 0 N–H and O–H groups in total. The summed E-state index contributed by atoms with van der Waals surface area (Å²) < 4.78 is 32.5. The zero-order valence-electron chi connectivity index (χ0n) is 44.9. The van der Waals surface area contributed by atoms with Crippen molar-refractivity contribution in [2.24, 2.45) is 11.8 Å². The monoisotopic (exact) mass is 968 g/mol. The molecule has 0 rings (SSSR count). The van der Waals surface area contributed by atoms with Crippen LogP contribution >= 0.6 is 0 Å². The van der Waals surface area contributed by atoms with Gasteiger partial charge in [0, 0.05) is 32.2 Å². The fourth-order valence-electron chi connectivity index (χ4n) is 8.38. The Balaban J connectivity index is 4.57. The van der Waals surface area contributed by atoms with Crippen molar-refractivity contribution in [2.75, 3.05) is 53.7 Å². The van der Waals surface area contributed by atoms with Gasteiger partial charge in [-0.25, -0.2) is 9.59 Å². The van der Waals surface area contributed by atoms with Crippen LogP contribution in [0.3, 0.4) is 0 Å². The first-order valence-electron chi connectivity index (χ1n) is 28.2. The minimum atomic E-state index is -1.31. The first kappa shape index (κ1) is 65.1. The predicted molar refractivity (Wildman–Crippen MR) is 274 cm³/mol. The van der Waals surface area contributed by atoms with Crippen LogP contribution in [0.5, 0.6) is 0 Å². The van der Waals surface area contributed by atoms with E-state index in [1.54, 1.807) is 0 Å². The summed E-state index contributed by atoms with van der Waals surface area (Å²) in [6, 6.07) is 0. The van der Waals surface area contributed by atoms with Gasteiger partial charge in [0.05, 0.1) is 26.4 Å². The van der Waals surface area contributed by atoms with Crippen molar-refractivity contribution in [1.82, 2.24) is 4.90 Å². The van der Waals surface area contributed by atoms with Gasteiger partial charge >= 0.3 is 30.0 Å². The van der Waals surface area contributed by atoms with E-state index in [9.17, 15) is 24.0 Å². The third kappa shape index (κ3) is 44.3. The first-order valence-corrected chi connectivity index (χ1v) is 28.2. The second kappa shape index (κ2) is 49.1. The van der Waals surface area contributed by atoms with E-state index in [1.807, 2.05) is 19.0 Å². The zero-order valence-corrected chi connectivity index (χ0v) is 44.9. The van der Waals surface area contributed by atoms with E-state index in [4.69, 9.17) is 28.4 Å². The molecule has 0 aliphatic heterocycles. The van der Waals surface area contributed by atoms with Crippen molar-refractivity contribution in [3.8, 4) is 0 Å². The summed E-state index contributed by atoms with van der Waals surface area (Å²) in [5.74, 6) is -0.604. The summed E-state index contributed by atoms with van der Waals surface area (Å²) in [4.78, 5) is 65.3.